The predicted molar refractivity (Wildman–Crippen MR) is 59.3 cm³/mol. The summed E-state index contributed by atoms with van der Waals surface area (Å²) in [5.74, 6) is -0.896. The third-order valence-electron chi connectivity index (χ3n) is 2.45. The van der Waals surface area contributed by atoms with Gasteiger partial charge in [-0.3, -0.25) is 9.59 Å². The molecule has 0 N–H and O–H groups in total. The number of rotatable bonds is 2. The Morgan fingerprint density at radius 3 is 2.31 bits per heavy atom. The Labute approximate surface area is 93.7 Å². The van der Waals surface area contributed by atoms with E-state index < -0.39 is 11.9 Å². The fourth-order valence-electron chi connectivity index (χ4n) is 1.66. The van der Waals surface area contributed by atoms with Crippen LogP contribution in [0, 0.1) is 5.92 Å². The zero-order valence-electron chi connectivity index (χ0n) is 8.76. The normalized spacial score (nSPS) is 17.8. The molecule has 1 aromatic rings. The van der Waals surface area contributed by atoms with E-state index in [2.05, 4.69) is 4.74 Å². The van der Waals surface area contributed by atoms with E-state index in [1.165, 1.54) is 0 Å². The summed E-state index contributed by atoms with van der Waals surface area (Å²) in [6, 6.07) is 9.78. The maximum atomic E-state index is 11.0. The Morgan fingerprint density at radius 1 is 1.06 bits per heavy atom. The van der Waals surface area contributed by atoms with Crippen LogP contribution in [0.4, 0.5) is 0 Å². The fourth-order valence-corrected chi connectivity index (χ4v) is 1.66. The minimum absolute atomic E-state index is 0.0334. The molecule has 82 valence electrons. The Morgan fingerprint density at radius 2 is 1.69 bits per heavy atom. The van der Waals surface area contributed by atoms with Gasteiger partial charge >= 0.3 is 11.9 Å². The number of benzene rings is 1. The van der Waals surface area contributed by atoms with Crippen molar-refractivity contribution < 1.29 is 14.3 Å². The first-order valence-electron chi connectivity index (χ1n) is 5.21. The van der Waals surface area contributed by atoms with Crippen LogP contribution in [-0.4, -0.2) is 11.9 Å². The first-order valence-corrected chi connectivity index (χ1v) is 5.21. The number of esters is 2. The van der Waals surface area contributed by atoms with Crippen LogP contribution >= 0.6 is 0 Å². The molecule has 0 bridgehead atoms. The minimum Gasteiger partial charge on any atom is -0.393 e. The van der Waals surface area contributed by atoms with Crippen LogP contribution in [0.5, 0.6) is 0 Å². The Hall–Kier alpha value is -1.90. The van der Waals surface area contributed by atoms with Crippen LogP contribution in [0.1, 0.15) is 18.4 Å². The van der Waals surface area contributed by atoms with Gasteiger partial charge in [0.05, 0.1) is 12.8 Å². The lowest BCUT2D eigenvalue weighted by Gasteiger charge is -2.15. The molecule has 0 saturated carbocycles. The molecule has 2 rings (SSSR count). The standard InChI is InChI=1S/C13H12O3/c14-12-8-11(9-13(15)16-12)7-6-10-4-2-1-3-5-10/h1-7,11H,8-9H2/b7-6+. The molecule has 0 radical (unpaired) electrons. The molecule has 0 unspecified atom stereocenters. The van der Waals surface area contributed by atoms with Gasteiger partial charge in [0, 0.05) is 0 Å². The predicted octanol–water partition coefficient (Wildman–Crippen LogP) is 2.18. The van der Waals surface area contributed by atoms with Gasteiger partial charge < -0.3 is 4.74 Å². The van der Waals surface area contributed by atoms with Crippen molar-refractivity contribution in [2.75, 3.05) is 0 Å². The van der Waals surface area contributed by atoms with Gasteiger partial charge in [-0.15, -0.1) is 0 Å². The van der Waals surface area contributed by atoms with E-state index in [4.69, 9.17) is 0 Å². The smallest absolute Gasteiger partial charge is 0.314 e. The third kappa shape index (κ3) is 2.79. The molecular formula is C13H12O3. The number of ether oxygens (including phenoxy) is 1. The van der Waals surface area contributed by atoms with Gasteiger partial charge in [0.1, 0.15) is 0 Å². The summed E-state index contributed by atoms with van der Waals surface area (Å²) >= 11 is 0. The summed E-state index contributed by atoms with van der Waals surface area (Å²) < 4.78 is 4.46. The second-order valence-electron chi connectivity index (χ2n) is 3.78. The SMILES string of the molecule is O=C1CC(/C=C/c2ccccc2)CC(=O)O1. The molecule has 0 amide bonds. The maximum Gasteiger partial charge on any atom is 0.314 e. The van der Waals surface area contributed by atoms with Crippen molar-refractivity contribution >= 4 is 18.0 Å². The summed E-state index contributed by atoms with van der Waals surface area (Å²) in [5, 5.41) is 0. The zero-order valence-corrected chi connectivity index (χ0v) is 8.76. The number of cyclic esters (lactones) is 2. The Bertz CT molecular complexity index is 404. The topological polar surface area (TPSA) is 43.4 Å². The van der Waals surface area contributed by atoms with Crippen molar-refractivity contribution in [1.29, 1.82) is 0 Å². The van der Waals surface area contributed by atoms with Gasteiger partial charge in [0.2, 0.25) is 0 Å². The van der Waals surface area contributed by atoms with Gasteiger partial charge in [0.25, 0.3) is 0 Å². The van der Waals surface area contributed by atoms with E-state index >= 15 is 0 Å². The monoisotopic (exact) mass is 216 g/mol. The van der Waals surface area contributed by atoms with Crippen molar-refractivity contribution in [3.8, 4) is 0 Å². The van der Waals surface area contributed by atoms with E-state index in [0.29, 0.717) is 0 Å². The lowest BCUT2D eigenvalue weighted by Crippen LogP contribution is -2.24. The molecule has 3 nitrogen and oxygen atoms in total. The van der Waals surface area contributed by atoms with Crippen LogP contribution in [0.25, 0.3) is 6.08 Å². The number of allylic oxidation sites excluding steroid dienone is 1. The molecule has 0 aromatic heterocycles. The highest BCUT2D eigenvalue weighted by molar-refractivity contribution is 5.88. The van der Waals surface area contributed by atoms with E-state index in [9.17, 15) is 9.59 Å². The average Bonchev–Trinajstić information content (AvgIpc) is 2.27. The Kier molecular flexibility index (Phi) is 3.15. The molecule has 0 spiro atoms. The zero-order chi connectivity index (χ0) is 11.4. The molecule has 3 heteroatoms. The summed E-state index contributed by atoms with van der Waals surface area (Å²) in [7, 11) is 0. The van der Waals surface area contributed by atoms with Crippen molar-refractivity contribution in [2.45, 2.75) is 12.8 Å². The van der Waals surface area contributed by atoms with E-state index in [-0.39, 0.29) is 18.8 Å². The molecule has 1 aromatic carbocycles. The number of carbonyl (C=O) groups is 2. The molecular weight excluding hydrogens is 204 g/mol. The van der Waals surface area contributed by atoms with Gasteiger partial charge in [0.15, 0.2) is 0 Å². The first kappa shape index (κ1) is 10.6. The van der Waals surface area contributed by atoms with Gasteiger partial charge in [-0.25, -0.2) is 0 Å². The van der Waals surface area contributed by atoms with Gasteiger partial charge in [-0.2, -0.15) is 0 Å². The quantitative estimate of drug-likeness (QED) is 0.562. The lowest BCUT2D eigenvalue weighted by molar-refractivity contribution is -0.164. The van der Waals surface area contributed by atoms with Crippen LogP contribution in [-0.2, 0) is 14.3 Å². The first-order chi connectivity index (χ1) is 7.74. The molecule has 1 heterocycles. The summed E-state index contributed by atoms with van der Waals surface area (Å²) in [6.45, 7) is 0. The largest absolute Gasteiger partial charge is 0.393 e. The van der Waals surface area contributed by atoms with E-state index in [1.807, 2.05) is 42.5 Å². The van der Waals surface area contributed by atoms with Crippen molar-refractivity contribution in [3.63, 3.8) is 0 Å². The number of hydrogen-bond donors (Lipinski definition) is 0. The highest BCUT2D eigenvalue weighted by Crippen LogP contribution is 2.19. The number of carbonyl (C=O) groups excluding carboxylic acids is 2. The lowest BCUT2D eigenvalue weighted by atomic mass is 9.98. The van der Waals surface area contributed by atoms with Crippen molar-refractivity contribution in [1.82, 2.24) is 0 Å². The van der Waals surface area contributed by atoms with E-state index in [0.717, 1.165) is 5.56 Å². The highest BCUT2D eigenvalue weighted by atomic mass is 16.6. The number of hydrogen-bond acceptors (Lipinski definition) is 3. The average molecular weight is 216 g/mol. The molecule has 1 fully saturated rings. The minimum atomic E-state index is -0.432. The molecule has 1 aliphatic rings. The van der Waals surface area contributed by atoms with Crippen LogP contribution in [0.2, 0.25) is 0 Å². The third-order valence-corrected chi connectivity index (χ3v) is 2.45. The van der Waals surface area contributed by atoms with Crippen LogP contribution < -0.4 is 0 Å². The van der Waals surface area contributed by atoms with Gasteiger partial charge in [-0.05, 0) is 11.5 Å². The molecule has 1 aliphatic heterocycles. The summed E-state index contributed by atoms with van der Waals surface area (Å²) in [4.78, 5) is 22.0. The second kappa shape index (κ2) is 4.75. The molecule has 0 atom stereocenters. The van der Waals surface area contributed by atoms with Crippen LogP contribution in [0.15, 0.2) is 36.4 Å². The van der Waals surface area contributed by atoms with Gasteiger partial charge in [-0.1, -0.05) is 42.5 Å². The Balaban J connectivity index is 2.02. The summed E-state index contributed by atoms with van der Waals surface area (Å²) in [5.41, 5.74) is 1.06. The second-order valence-corrected chi connectivity index (χ2v) is 3.78. The fraction of sp³-hybridized carbons (Fsp3) is 0.231. The molecule has 0 aliphatic carbocycles. The van der Waals surface area contributed by atoms with Crippen LogP contribution in [0.3, 0.4) is 0 Å². The van der Waals surface area contributed by atoms with Crippen molar-refractivity contribution in [3.05, 3.63) is 42.0 Å². The maximum absolute atomic E-state index is 11.0. The van der Waals surface area contributed by atoms with E-state index in [1.54, 1.807) is 0 Å². The summed E-state index contributed by atoms with van der Waals surface area (Å²) in [6.07, 6.45) is 4.40. The molecule has 1 saturated heterocycles. The highest BCUT2D eigenvalue weighted by Gasteiger charge is 2.24. The molecule has 16 heavy (non-hydrogen) atoms. The van der Waals surface area contributed by atoms with Crippen molar-refractivity contribution in [2.24, 2.45) is 5.92 Å².